The summed E-state index contributed by atoms with van der Waals surface area (Å²) in [6.45, 7) is 9.48. The Balaban J connectivity index is 1.38. The molecule has 0 spiro atoms. The lowest BCUT2D eigenvalue weighted by molar-refractivity contribution is -0.198. The number of hydrogen-bond acceptors (Lipinski definition) is 6. The molecule has 166 valence electrons. The van der Waals surface area contributed by atoms with Crippen molar-refractivity contribution in [3.05, 3.63) is 0 Å². The van der Waals surface area contributed by atoms with E-state index in [2.05, 4.69) is 25.6 Å². The van der Waals surface area contributed by atoms with Crippen molar-refractivity contribution in [3.8, 4) is 0 Å². The second-order valence-electron chi connectivity index (χ2n) is 10.4. The fraction of sp³-hybridized carbons (Fsp3) is 0.875. The summed E-state index contributed by atoms with van der Waals surface area (Å²) in [5.74, 6) is 3.19. The summed E-state index contributed by atoms with van der Waals surface area (Å²) in [5, 5.41) is 0. The van der Waals surface area contributed by atoms with Crippen molar-refractivity contribution in [2.75, 3.05) is 19.8 Å². The van der Waals surface area contributed by atoms with Gasteiger partial charge in [0.05, 0.1) is 25.0 Å². The van der Waals surface area contributed by atoms with E-state index >= 15 is 0 Å². The van der Waals surface area contributed by atoms with E-state index < -0.39 is 6.29 Å². The highest BCUT2D eigenvalue weighted by Gasteiger charge is 2.71. The van der Waals surface area contributed by atoms with E-state index in [9.17, 15) is 9.59 Å². The number of carbonyl (C=O) groups excluding carboxylic acids is 2. The topological polar surface area (TPSA) is 74.2 Å². The van der Waals surface area contributed by atoms with Crippen molar-refractivity contribution in [2.45, 2.75) is 52.2 Å². The highest BCUT2D eigenvalue weighted by molar-refractivity contribution is 5.84. The van der Waals surface area contributed by atoms with Crippen LogP contribution in [-0.2, 0) is 23.8 Å². The summed E-state index contributed by atoms with van der Waals surface area (Å²) in [6.07, 6.45) is 4.54. The lowest BCUT2D eigenvalue weighted by Gasteiger charge is -2.45. The molecule has 0 aromatic rings. The Kier molecular flexibility index (Phi) is 5.41. The first-order valence-electron chi connectivity index (χ1n) is 11.9. The summed E-state index contributed by atoms with van der Waals surface area (Å²) in [5.41, 5.74) is 0. The van der Waals surface area contributed by atoms with Crippen molar-refractivity contribution in [2.24, 2.45) is 64.2 Å². The van der Waals surface area contributed by atoms with Gasteiger partial charge in [-0.3, -0.25) is 14.6 Å². The van der Waals surface area contributed by atoms with Crippen molar-refractivity contribution in [3.63, 3.8) is 0 Å². The van der Waals surface area contributed by atoms with Gasteiger partial charge in [0.15, 0.2) is 0 Å². The fourth-order valence-corrected chi connectivity index (χ4v) is 8.21. The molecule has 1 aliphatic heterocycles. The molecule has 1 heterocycles. The van der Waals surface area contributed by atoms with Crippen molar-refractivity contribution >= 4 is 18.7 Å². The van der Waals surface area contributed by atoms with Crippen LogP contribution in [0.25, 0.3) is 0 Å². The Bertz CT molecular complexity index is 704. The van der Waals surface area contributed by atoms with E-state index in [1.54, 1.807) is 0 Å². The molecular weight excluding hydrogens is 382 g/mol. The molecule has 0 aromatic carbocycles. The minimum atomic E-state index is -0.457. The number of fused-ring (bicyclic) bond motifs is 9. The average molecular weight is 418 g/mol. The Morgan fingerprint density at radius 3 is 2.20 bits per heavy atom. The number of esters is 2. The maximum Gasteiger partial charge on any atom is 0.312 e. The highest BCUT2D eigenvalue weighted by Crippen LogP contribution is 2.72. The number of rotatable bonds is 6. The van der Waals surface area contributed by atoms with E-state index in [1.807, 2.05) is 0 Å². The number of hydrogen-bond donors (Lipinski definition) is 0. The normalized spacial score (nSPS) is 48.4. The molecule has 0 N–H and O–H groups in total. The van der Waals surface area contributed by atoms with Crippen LogP contribution in [0.1, 0.15) is 46.0 Å². The molecule has 4 bridgehead atoms. The molecule has 6 heteroatoms. The van der Waals surface area contributed by atoms with Gasteiger partial charge in [-0.05, 0) is 79.7 Å². The Morgan fingerprint density at radius 2 is 1.60 bits per heavy atom. The summed E-state index contributed by atoms with van der Waals surface area (Å²) < 4.78 is 17.0. The van der Waals surface area contributed by atoms with Gasteiger partial charge in [-0.1, -0.05) is 13.8 Å². The zero-order valence-electron chi connectivity index (χ0n) is 18.2. The largest absolute Gasteiger partial charge is 0.463 e. The fourth-order valence-electron chi connectivity index (χ4n) is 8.21. The number of ether oxygens (including phenoxy) is 3. The summed E-state index contributed by atoms with van der Waals surface area (Å²) in [7, 11) is 0. The second kappa shape index (κ2) is 7.92. The maximum absolute atomic E-state index is 13.4. The molecule has 5 aliphatic rings. The highest BCUT2D eigenvalue weighted by atomic mass is 16.7. The van der Waals surface area contributed by atoms with Gasteiger partial charge in [0.25, 0.3) is 0 Å². The minimum Gasteiger partial charge on any atom is -0.463 e. The Labute approximate surface area is 179 Å². The Morgan fingerprint density at radius 1 is 0.967 bits per heavy atom. The minimum absolute atomic E-state index is 0.233. The number of nitrogens with zero attached hydrogens (tertiary/aromatic N) is 1. The third-order valence-electron chi connectivity index (χ3n) is 9.42. The van der Waals surface area contributed by atoms with E-state index in [-0.39, 0.29) is 42.2 Å². The first kappa shape index (κ1) is 20.5. The molecular formula is C24H35NO5. The summed E-state index contributed by atoms with van der Waals surface area (Å²) >= 11 is 0. The standard InChI is InChI=1S/C24H35NO5/c1-12-13(2)15-10-14(12)19-16-11-17(20(15)19)22(21(16)23(26)29-9-7-25-3)24(27)30-18-6-4-5-8-28-18/h12-22H,3-11H2,1-2H3. The Hall–Kier alpha value is -1.43. The molecule has 0 radical (unpaired) electrons. The molecule has 0 aromatic heterocycles. The van der Waals surface area contributed by atoms with Crippen LogP contribution < -0.4 is 0 Å². The average Bonchev–Trinajstić information content (AvgIpc) is 3.47. The van der Waals surface area contributed by atoms with Gasteiger partial charge in [-0.25, -0.2) is 0 Å². The van der Waals surface area contributed by atoms with Crippen LogP contribution in [-0.4, -0.2) is 44.7 Å². The predicted octanol–water partition coefficient (Wildman–Crippen LogP) is 3.34. The van der Waals surface area contributed by atoms with Crippen molar-refractivity contribution in [1.82, 2.24) is 0 Å². The third kappa shape index (κ3) is 3.04. The van der Waals surface area contributed by atoms with Crippen molar-refractivity contribution in [1.29, 1.82) is 0 Å². The summed E-state index contributed by atoms with van der Waals surface area (Å²) in [4.78, 5) is 30.3. The van der Waals surface area contributed by atoms with E-state index in [0.29, 0.717) is 48.7 Å². The quantitative estimate of drug-likeness (QED) is 0.287. The third-order valence-corrected chi connectivity index (χ3v) is 9.42. The maximum atomic E-state index is 13.4. The molecule has 6 nitrogen and oxygen atoms in total. The molecule has 11 unspecified atom stereocenters. The molecule has 30 heavy (non-hydrogen) atoms. The first-order valence-corrected chi connectivity index (χ1v) is 11.9. The van der Waals surface area contributed by atoms with Crippen LogP contribution in [0.4, 0.5) is 0 Å². The van der Waals surface area contributed by atoms with Crippen LogP contribution in [0.15, 0.2) is 4.99 Å². The summed E-state index contributed by atoms with van der Waals surface area (Å²) in [6, 6.07) is 0. The molecule has 5 rings (SSSR count). The van der Waals surface area contributed by atoms with Crippen LogP contribution in [0.3, 0.4) is 0 Å². The lowest BCUT2D eigenvalue weighted by Crippen LogP contribution is -2.48. The van der Waals surface area contributed by atoms with E-state index in [0.717, 1.165) is 25.7 Å². The van der Waals surface area contributed by atoms with Gasteiger partial charge >= 0.3 is 11.9 Å². The first-order chi connectivity index (χ1) is 14.5. The second-order valence-corrected chi connectivity index (χ2v) is 10.4. The van der Waals surface area contributed by atoms with Crippen LogP contribution in [0, 0.1) is 59.2 Å². The van der Waals surface area contributed by atoms with Crippen molar-refractivity contribution < 1.29 is 23.8 Å². The molecule has 5 fully saturated rings. The van der Waals surface area contributed by atoms with Gasteiger partial charge in [-0.2, -0.15) is 0 Å². The van der Waals surface area contributed by atoms with Crippen LogP contribution >= 0.6 is 0 Å². The number of aliphatic imine (C=N–C) groups is 1. The van der Waals surface area contributed by atoms with Crippen LogP contribution in [0.2, 0.25) is 0 Å². The van der Waals surface area contributed by atoms with E-state index in [1.165, 1.54) is 6.42 Å². The van der Waals surface area contributed by atoms with Gasteiger partial charge in [-0.15, -0.1) is 0 Å². The van der Waals surface area contributed by atoms with Crippen LogP contribution in [0.5, 0.6) is 0 Å². The SMILES string of the molecule is C=NCCOC(=O)C1C2CC(C1C(=O)OC1CCCCO1)C1C3CC(C(C)C3C)C21. The van der Waals surface area contributed by atoms with Gasteiger partial charge in [0.2, 0.25) is 6.29 Å². The molecule has 0 amide bonds. The molecule has 11 atom stereocenters. The smallest absolute Gasteiger partial charge is 0.312 e. The zero-order valence-corrected chi connectivity index (χ0v) is 18.2. The molecule has 4 saturated carbocycles. The lowest BCUT2D eigenvalue weighted by atomic mass is 9.59. The molecule has 1 saturated heterocycles. The molecule has 4 aliphatic carbocycles. The van der Waals surface area contributed by atoms with Gasteiger partial charge < -0.3 is 14.2 Å². The number of carbonyl (C=O) groups is 2. The van der Waals surface area contributed by atoms with E-state index in [4.69, 9.17) is 14.2 Å². The monoisotopic (exact) mass is 417 g/mol. The zero-order chi connectivity index (χ0) is 21.0. The van der Waals surface area contributed by atoms with Gasteiger partial charge in [0, 0.05) is 6.42 Å². The van der Waals surface area contributed by atoms with Gasteiger partial charge in [0.1, 0.15) is 6.61 Å². The predicted molar refractivity (Wildman–Crippen MR) is 111 cm³/mol.